The highest BCUT2D eigenvalue weighted by Crippen LogP contribution is 2.26. The minimum absolute atomic E-state index is 0.00237. The van der Waals surface area contributed by atoms with Crippen LogP contribution in [0.4, 0.5) is 11.4 Å². The molecule has 4 heteroatoms. The van der Waals surface area contributed by atoms with E-state index in [0.717, 1.165) is 12.8 Å². The Morgan fingerprint density at radius 3 is 1.54 bits per heavy atom. The number of nitrogens with one attached hydrogen (secondary N) is 2. The van der Waals surface area contributed by atoms with E-state index in [2.05, 4.69) is 52.2 Å². The highest BCUT2D eigenvalue weighted by atomic mass is 16.2. The van der Waals surface area contributed by atoms with Crippen molar-refractivity contribution in [3.8, 4) is 0 Å². The lowest BCUT2D eigenvalue weighted by Crippen LogP contribution is -2.22. The molecule has 1 rings (SSSR count). The van der Waals surface area contributed by atoms with Crippen LogP contribution in [-0.2, 0) is 9.59 Å². The van der Waals surface area contributed by atoms with E-state index in [4.69, 9.17) is 0 Å². The Kier molecular flexibility index (Phi) is 7.00. The molecule has 0 aliphatic carbocycles. The van der Waals surface area contributed by atoms with Crippen molar-refractivity contribution in [1.29, 1.82) is 0 Å². The zero-order valence-electron chi connectivity index (χ0n) is 16.0. The van der Waals surface area contributed by atoms with Crippen LogP contribution in [0.1, 0.15) is 67.2 Å². The molecular formula is C20H32N2O2. The molecule has 0 atom stereocenters. The van der Waals surface area contributed by atoms with Crippen molar-refractivity contribution >= 4 is 23.2 Å². The van der Waals surface area contributed by atoms with Gasteiger partial charge in [0.2, 0.25) is 11.8 Å². The van der Waals surface area contributed by atoms with E-state index in [0.29, 0.717) is 24.2 Å². The summed E-state index contributed by atoms with van der Waals surface area (Å²) in [4.78, 5) is 24.3. The van der Waals surface area contributed by atoms with Gasteiger partial charge in [-0.05, 0) is 29.0 Å². The first-order valence-corrected chi connectivity index (χ1v) is 8.77. The van der Waals surface area contributed by atoms with E-state index in [1.165, 1.54) is 0 Å². The summed E-state index contributed by atoms with van der Waals surface area (Å²) < 4.78 is 0. The van der Waals surface area contributed by atoms with Gasteiger partial charge in [0.1, 0.15) is 0 Å². The van der Waals surface area contributed by atoms with Gasteiger partial charge < -0.3 is 10.6 Å². The Morgan fingerprint density at radius 1 is 0.833 bits per heavy atom. The molecule has 0 unspecified atom stereocenters. The number of amides is 2. The van der Waals surface area contributed by atoms with E-state index >= 15 is 0 Å². The van der Waals surface area contributed by atoms with Crippen LogP contribution >= 0.6 is 0 Å². The second-order valence-corrected chi connectivity index (χ2v) is 8.07. The van der Waals surface area contributed by atoms with Crippen LogP contribution in [0.3, 0.4) is 0 Å². The normalized spacial score (nSPS) is 11.9. The third-order valence-corrected chi connectivity index (χ3v) is 4.62. The van der Waals surface area contributed by atoms with Gasteiger partial charge in [-0.2, -0.15) is 0 Å². The number of benzene rings is 1. The molecule has 0 spiro atoms. The SMILES string of the molecule is CCC(C)(C)CC(=O)Nc1cccc(NC(=O)CC(C)(C)CC)c1. The summed E-state index contributed by atoms with van der Waals surface area (Å²) in [7, 11) is 0. The number of hydrogen-bond acceptors (Lipinski definition) is 2. The van der Waals surface area contributed by atoms with Crippen molar-refractivity contribution in [2.75, 3.05) is 10.6 Å². The number of hydrogen-bond donors (Lipinski definition) is 2. The predicted octanol–water partition coefficient (Wildman–Crippen LogP) is 5.22. The Morgan fingerprint density at radius 2 is 1.21 bits per heavy atom. The predicted molar refractivity (Wildman–Crippen MR) is 101 cm³/mol. The van der Waals surface area contributed by atoms with Crippen molar-refractivity contribution < 1.29 is 9.59 Å². The maximum Gasteiger partial charge on any atom is 0.224 e. The molecule has 0 aliphatic heterocycles. The molecule has 1 aromatic carbocycles. The van der Waals surface area contributed by atoms with Crippen molar-refractivity contribution in [2.45, 2.75) is 67.2 Å². The molecule has 0 aliphatic rings. The van der Waals surface area contributed by atoms with Crippen LogP contribution < -0.4 is 10.6 Å². The highest BCUT2D eigenvalue weighted by molar-refractivity contribution is 5.94. The Bertz CT molecular complexity index is 530. The molecule has 2 amide bonds. The summed E-state index contributed by atoms with van der Waals surface area (Å²) in [5.74, 6) is -0.00474. The Labute approximate surface area is 146 Å². The highest BCUT2D eigenvalue weighted by Gasteiger charge is 2.21. The van der Waals surface area contributed by atoms with E-state index in [9.17, 15) is 9.59 Å². The molecule has 4 nitrogen and oxygen atoms in total. The van der Waals surface area contributed by atoms with Crippen LogP contribution in [0.5, 0.6) is 0 Å². The molecule has 0 aromatic heterocycles. The fourth-order valence-electron chi connectivity index (χ4n) is 2.20. The van der Waals surface area contributed by atoms with Crippen LogP contribution in [0, 0.1) is 10.8 Å². The van der Waals surface area contributed by atoms with Crippen molar-refractivity contribution in [3.63, 3.8) is 0 Å². The quantitative estimate of drug-likeness (QED) is 0.686. The lowest BCUT2D eigenvalue weighted by molar-refractivity contribution is -0.118. The molecule has 0 heterocycles. The average Bonchev–Trinajstić information content (AvgIpc) is 2.46. The topological polar surface area (TPSA) is 58.2 Å². The van der Waals surface area contributed by atoms with E-state index in [1.807, 2.05) is 18.2 Å². The van der Waals surface area contributed by atoms with E-state index in [1.54, 1.807) is 6.07 Å². The Balaban J connectivity index is 2.67. The van der Waals surface area contributed by atoms with E-state index < -0.39 is 0 Å². The van der Waals surface area contributed by atoms with Crippen LogP contribution in [0.15, 0.2) is 24.3 Å². The first-order chi connectivity index (χ1) is 11.1. The van der Waals surface area contributed by atoms with Crippen LogP contribution in [0.2, 0.25) is 0 Å². The third-order valence-electron chi connectivity index (χ3n) is 4.62. The number of carbonyl (C=O) groups is 2. The molecule has 0 saturated carbocycles. The van der Waals surface area contributed by atoms with Gasteiger partial charge in [0.05, 0.1) is 0 Å². The van der Waals surface area contributed by atoms with Crippen molar-refractivity contribution in [3.05, 3.63) is 24.3 Å². The van der Waals surface area contributed by atoms with Gasteiger partial charge >= 0.3 is 0 Å². The second kappa shape index (κ2) is 8.32. The molecule has 0 radical (unpaired) electrons. The van der Waals surface area contributed by atoms with Gasteiger partial charge in [-0.3, -0.25) is 9.59 Å². The van der Waals surface area contributed by atoms with Crippen LogP contribution in [0.25, 0.3) is 0 Å². The third kappa shape index (κ3) is 7.16. The van der Waals surface area contributed by atoms with Gasteiger partial charge in [0.25, 0.3) is 0 Å². The number of anilines is 2. The molecule has 1 aromatic rings. The maximum atomic E-state index is 12.1. The first-order valence-electron chi connectivity index (χ1n) is 8.77. The first kappa shape index (κ1) is 20.2. The van der Waals surface area contributed by atoms with Gasteiger partial charge in [0.15, 0.2) is 0 Å². The largest absolute Gasteiger partial charge is 0.326 e. The smallest absolute Gasteiger partial charge is 0.224 e. The maximum absolute atomic E-state index is 12.1. The molecular weight excluding hydrogens is 300 g/mol. The monoisotopic (exact) mass is 332 g/mol. The van der Waals surface area contributed by atoms with Gasteiger partial charge in [-0.1, -0.05) is 60.5 Å². The molecule has 2 N–H and O–H groups in total. The molecule has 0 bridgehead atoms. The average molecular weight is 332 g/mol. The summed E-state index contributed by atoms with van der Waals surface area (Å²) in [5, 5.41) is 5.83. The number of rotatable bonds is 8. The minimum Gasteiger partial charge on any atom is -0.326 e. The summed E-state index contributed by atoms with van der Waals surface area (Å²) >= 11 is 0. The van der Waals surface area contributed by atoms with Gasteiger partial charge in [-0.15, -0.1) is 0 Å². The summed E-state index contributed by atoms with van der Waals surface area (Å²) in [5.41, 5.74) is 1.39. The molecule has 134 valence electrons. The fraction of sp³-hybridized carbons (Fsp3) is 0.600. The molecule has 24 heavy (non-hydrogen) atoms. The minimum atomic E-state index is -0.0123. The summed E-state index contributed by atoms with van der Waals surface area (Å²) in [6, 6.07) is 7.31. The second-order valence-electron chi connectivity index (χ2n) is 8.07. The van der Waals surface area contributed by atoms with Crippen molar-refractivity contribution in [2.24, 2.45) is 10.8 Å². The standard InChI is InChI=1S/C20H32N2O2/c1-7-19(3,4)13-17(23)21-15-10-9-11-16(12-15)22-18(24)14-20(5,6)8-2/h9-12H,7-8,13-14H2,1-6H3,(H,21,23)(H,22,24). The molecule has 0 saturated heterocycles. The van der Waals surface area contributed by atoms with E-state index in [-0.39, 0.29) is 22.6 Å². The summed E-state index contributed by atoms with van der Waals surface area (Å²) in [6.07, 6.45) is 2.85. The summed E-state index contributed by atoms with van der Waals surface area (Å²) in [6.45, 7) is 12.5. The van der Waals surface area contributed by atoms with Crippen molar-refractivity contribution in [1.82, 2.24) is 0 Å². The zero-order valence-corrected chi connectivity index (χ0v) is 16.0. The van der Waals surface area contributed by atoms with Crippen LogP contribution in [-0.4, -0.2) is 11.8 Å². The Hall–Kier alpha value is -1.84. The number of carbonyl (C=O) groups excluding carboxylic acids is 2. The fourth-order valence-corrected chi connectivity index (χ4v) is 2.20. The zero-order chi connectivity index (χ0) is 18.4. The van der Waals surface area contributed by atoms with Gasteiger partial charge in [-0.25, -0.2) is 0 Å². The lowest BCUT2D eigenvalue weighted by atomic mass is 9.86. The lowest BCUT2D eigenvalue weighted by Gasteiger charge is -2.22. The molecule has 0 fully saturated rings. The van der Waals surface area contributed by atoms with Gasteiger partial charge in [0, 0.05) is 24.2 Å².